The number of aromatic carboxylic acids is 1. The van der Waals surface area contributed by atoms with Crippen molar-refractivity contribution in [2.45, 2.75) is 13.3 Å². The Hall–Kier alpha value is -1.46. The molecule has 0 aromatic carbocycles. The number of hydrogen-bond donors (Lipinski definition) is 2. The lowest BCUT2D eigenvalue weighted by Crippen LogP contribution is -1.99. The molecule has 0 atom stereocenters. The Labute approximate surface area is 107 Å². The molecule has 0 aliphatic rings. The third-order valence-electron chi connectivity index (χ3n) is 2.46. The van der Waals surface area contributed by atoms with Crippen LogP contribution in [-0.2, 0) is 6.42 Å². The second-order valence-electron chi connectivity index (χ2n) is 3.42. The maximum Gasteiger partial charge on any atom is 0.348 e. The highest BCUT2D eigenvalue weighted by atomic mass is 35.5. The minimum absolute atomic E-state index is 0.147. The number of furan rings is 1. The molecule has 0 aliphatic carbocycles. The van der Waals surface area contributed by atoms with E-state index in [1.165, 1.54) is 6.26 Å². The molecule has 17 heavy (non-hydrogen) atoms. The first kappa shape index (κ1) is 12.0. The van der Waals surface area contributed by atoms with Gasteiger partial charge in [-0.1, -0.05) is 6.92 Å². The van der Waals surface area contributed by atoms with Gasteiger partial charge in [0.2, 0.25) is 5.22 Å². The molecule has 0 radical (unpaired) electrons. The third kappa shape index (κ3) is 1.92. The first-order chi connectivity index (χ1) is 8.06. The monoisotopic (exact) mass is 271 g/mol. The van der Waals surface area contributed by atoms with Gasteiger partial charge in [0.15, 0.2) is 0 Å². The van der Waals surface area contributed by atoms with Crippen LogP contribution in [0.5, 0.6) is 0 Å². The topological polar surface area (TPSA) is 76.5 Å². The summed E-state index contributed by atoms with van der Waals surface area (Å²) in [6.45, 7) is 1.92. The summed E-state index contributed by atoms with van der Waals surface area (Å²) in [4.78, 5) is 11.9. The molecule has 0 aliphatic heterocycles. The fourth-order valence-electron chi connectivity index (χ4n) is 1.66. The summed E-state index contributed by atoms with van der Waals surface area (Å²) in [6.07, 6.45) is 2.11. The highest BCUT2D eigenvalue weighted by molar-refractivity contribution is 7.18. The highest BCUT2D eigenvalue weighted by Gasteiger charge is 2.22. The molecule has 90 valence electrons. The fourth-order valence-corrected chi connectivity index (χ4v) is 3.10. The number of nitrogens with two attached hydrogens (primary N) is 1. The van der Waals surface area contributed by atoms with Crippen LogP contribution >= 0.6 is 22.9 Å². The van der Waals surface area contributed by atoms with E-state index in [0.29, 0.717) is 17.7 Å². The van der Waals surface area contributed by atoms with Gasteiger partial charge in [-0.25, -0.2) is 4.79 Å². The van der Waals surface area contributed by atoms with E-state index in [9.17, 15) is 4.79 Å². The van der Waals surface area contributed by atoms with Crippen molar-refractivity contribution in [2.75, 3.05) is 5.73 Å². The van der Waals surface area contributed by atoms with E-state index in [1.54, 1.807) is 6.07 Å². The van der Waals surface area contributed by atoms with Gasteiger partial charge in [0.25, 0.3) is 0 Å². The second kappa shape index (κ2) is 4.43. The van der Waals surface area contributed by atoms with E-state index < -0.39 is 5.97 Å². The number of carboxylic acid groups (broad SMARTS) is 1. The smallest absolute Gasteiger partial charge is 0.348 e. The molecule has 0 unspecified atom stereocenters. The van der Waals surface area contributed by atoms with Gasteiger partial charge in [0.1, 0.15) is 4.88 Å². The minimum Gasteiger partial charge on any atom is -0.477 e. The third-order valence-corrected chi connectivity index (χ3v) is 4.02. The van der Waals surface area contributed by atoms with Crippen LogP contribution in [0.25, 0.3) is 10.4 Å². The summed E-state index contributed by atoms with van der Waals surface area (Å²) in [7, 11) is 0. The van der Waals surface area contributed by atoms with Crippen molar-refractivity contribution in [1.82, 2.24) is 0 Å². The molecular weight excluding hydrogens is 262 g/mol. The maximum absolute atomic E-state index is 11.0. The van der Waals surface area contributed by atoms with Crippen LogP contribution < -0.4 is 5.73 Å². The molecule has 4 nitrogen and oxygen atoms in total. The summed E-state index contributed by atoms with van der Waals surface area (Å²) in [5.41, 5.74) is 7.63. The first-order valence-corrected chi connectivity index (χ1v) is 6.13. The molecule has 0 saturated heterocycles. The van der Waals surface area contributed by atoms with Crippen LogP contribution in [0.1, 0.15) is 22.2 Å². The molecular formula is C11H10ClNO3S. The lowest BCUT2D eigenvalue weighted by molar-refractivity contribution is 0.0703. The van der Waals surface area contributed by atoms with E-state index in [2.05, 4.69) is 0 Å². The number of nitrogen functional groups attached to an aromatic ring is 1. The molecule has 2 rings (SSSR count). The number of anilines is 1. The molecule has 2 aromatic heterocycles. The maximum atomic E-state index is 11.0. The van der Waals surface area contributed by atoms with Crippen LogP contribution in [-0.4, -0.2) is 11.1 Å². The van der Waals surface area contributed by atoms with Gasteiger partial charge in [0.05, 0.1) is 12.0 Å². The minimum atomic E-state index is -1.02. The molecule has 0 saturated carbocycles. The Morgan fingerprint density at radius 2 is 2.35 bits per heavy atom. The average molecular weight is 272 g/mol. The van der Waals surface area contributed by atoms with Crippen molar-refractivity contribution in [3.05, 3.63) is 28.0 Å². The molecule has 6 heteroatoms. The number of carboxylic acids is 1. The first-order valence-electron chi connectivity index (χ1n) is 4.94. The summed E-state index contributed by atoms with van der Waals surface area (Å²) in [5, 5.41) is 9.29. The van der Waals surface area contributed by atoms with Crippen molar-refractivity contribution < 1.29 is 14.3 Å². The number of carbonyl (C=O) groups is 1. The normalized spacial score (nSPS) is 10.7. The quantitative estimate of drug-likeness (QED) is 0.896. The van der Waals surface area contributed by atoms with E-state index in [0.717, 1.165) is 21.8 Å². The zero-order valence-electron chi connectivity index (χ0n) is 8.99. The van der Waals surface area contributed by atoms with Gasteiger partial charge in [-0.3, -0.25) is 0 Å². The van der Waals surface area contributed by atoms with E-state index in [4.69, 9.17) is 26.9 Å². The van der Waals surface area contributed by atoms with Gasteiger partial charge in [-0.2, -0.15) is 0 Å². The Morgan fingerprint density at radius 3 is 2.82 bits per heavy atom. The highest BCUT2D eigenvalue weighted by Crippen LogP contribution is 2.42. The Bertz CT molecular complexity index is 573. The Kier molecular flexibility index (Phi) is 3.13. The number of rotatable bonds is 3. The number of thiophene rings is 1. The van der Waals surface area contributed by atoms with Gasteiger partial charge in [-0.05, 0) is 29.7 Å². The molecule has 0 bridgehead atoms. The summed E-state index contributed by atoms with van der Waals surface area (Å²) in [5.74, 6) is -1.02. The van der Waals surface area contributed by atoms with E-state index in [1.807, 2.05) is 6.92 Å². The Morgan fingerprint density at radius 1 is 1.65 bits per heavy atom. The SMILES string of the molecule is CCc1c(-c2ccoc2Cl)sc(C(=O)O)c1N. The fraction of sp³-hybridized carbons (Fsp3) is 0.182. The van der Waals surface area contributed by atoms with Crippen LogP contribution in [0, 0.1) is 0 Å². The summed E-state index contributed by atoms with van der Waals surface area (Å²) >= 11 is 7.02. The predicted molar refractivity (Wildman–Crippen MR) is 67.8 cm³/mol. The van der Waals surface area contributed by atoms with E-state index >= 15 is 0 Å². The standard InChI is InChI=1S/C11H10ClNO3S/c1-2-5-7(13)9(11(14)15)17-8(5)6-3-4-16-10(6)12/h3-4H,2,13H2,1H3,(H,14,15). The Balaban J connectivity index is 2.66. The summed E-state index contributed by atoms with van der Waals surface area (Å²) < 4.78 is 5.01. The van der Waals surface area contributed by atoms with E-state index in [-0.39, 0.29) is 10.1 Å². The van der Waals surface area contributed by atoms with Gasteiger partial charge in [0, 0.05) is 10.4 Å². The van der Waals surface area contributed by atoms with Crippen molar-refractivity contribution in [2.24, 2.45) is 0 Å². The molecule has 3 N–H and O–H groups in total. The number of halogens is 1. The average Bonchev–Trinajstić information content (AvgIpc) is 2.81. The zero-order valence-corrected chi connectivity index (χ0v) is 10.6. The van der Waals surface area contributed by atoms with Gasteiger partial charge in [-0.15, -0.1) is 11.3 Å². The predicted octanol–water partition coefficient (Wildman–Crippen LogP) is 3.50. The molecule has 0 amide bonds. The van der Waals surface area contributed by atoms with Crippen molar-refractivity contribution in [1.29, 1.82) is 0 Å². The van der Waals surface area contributed by atoms with Crippen molar-refractivity contribution in [3.8, 4) is 10.4 Å². The molecule has 0 fully saturated rings. The van der Waals surface area contributed by atoms with Crippen molar-refractivity contribution >= 4 is 34.6 Å². The summed E-state index contributed by atoms with van der Waals surface area (Å²) in [6, 6.07) is 1.71. The van der Waals surface area contributed by atoms with Gasteiger partial charge < -0.3 is 15.3 Å². The number of hydrogen-bond acceptors (Lipinski definition) is 4. The largest absolute Gasteiger partial charge is 0.477 e. The van der Waals surface area contributed by atoms with Gasteiger partial charge >= 0.3 is 5.97 Å². The van der Waals surface area contributed by atoms with Crippen molar-refractivity contribution in [3.63, 3.8) is 0 Å². The van der Waals surface area contributed by atoms with Crippen LogP contribution in [0.3, 0.4) is 0 Å². The van der Waals surface area contributed by atoms with Crippen LogP contribution in [0.15, 0.2) is 16.7 Å². The second-order valence-corrected chi connectivity index (χ2v) is 4.78. The lowest BCUT2D eigenvalue weighted by Gasteiger charge is -1.99. The van der Waals surface area contributed by atoms with Crippen LogP contribution in [0.4, 0.5) is 5.69 Å². The van der Waals surface area contributed by atoms with Crippen LogP contribution in [0.2, 0.25) is 5.22 Å². The molecule has 2 heterocycles. The zero-order chi connectivity index (χ0) is 12.6. The lowest BCUT2D eigenvalue weighted by atomic mass is 10.1. The molecule has 2 aromatic rings. The molecule has 0 spiro atoms.